The molecule has 3 rings (SSSR count). The number of anilines is 1. The van der Waals surface area contributed by atoms with Crippen LogP contribution in [0.25, 0.3) is 5.69 Å². The van der Waals surface area contributed by atoms with Crippen LogP contribution in [0.1, 0.15) is 25.2 Å². The minimum absolute atomic E-state index is 0.117. The van der Waals surface area contributed by atoms with Gasteiger partial charge in [0, 0.05) is 0 Å². The van der Waals surface area contributed by atoms with Crippen molar-refractivity contribution in [1.29, 1.82) is 0 Å². The first-order valence-corrected chi connectivity index (χ1v) is 10.1. The Labute approximate surface area is 169 Å². The normalized spacial score (nSPS) is 11.9. The maximum Gasteiger partial charge on any atom is 0.237 e. The first kappa shape index (κ1) is 19.9. The fraction of sp³-hybridized carbons (Fsp3) is 0.286. The van der Waals surface area contributed by atoms with Crippen LogP contribution in [-0.4, -0.2) is 32.5 Å². The lowest BCUT2D eigenvalue weighted by Crippen LogP contribution is -2.23. The lowest BCUT2D eigenvalue weighted by atomic mass is 10.2. The van der Waals surface area contributed by atoms with Crippen LogP contribution in [0.2, 0.25) is 0 Å². The van der Waals surface area contributed by atoms with Gasteiger partial charge >= 0.3 is 0 Å². The molecule has 6 nitrogen and oxygen atoms in total. The van der Waals surface area contributed by atoms with Gasteiger partial charge in [0.15, 0.2) is 5.16 Å². The second kappa shape index (κ2) is 8.93. The molecule has 1 atom stereocenters. The molecule has 0 bridgehead atoms. The van der Waals surface area contributed by atoms with Crippen LogP contribution in [0, 0.1) is 13.8 Å². The molecule has 1 N–H and O–H groups in total. The van der Waals surface area contributed by atoms with Gasteiger partial charge in [-0.25, -0.2) is 0 Å². The minimum atomic E-state index is -0.360. The maximum atomic E-state index is 12.7. The molecular weight excluding hydrogens is 372 g/mol. The third-order valence-electron chi connectivity index (χ3n) is 4.25. The number of hydrogen-bond acceptors (Lipinski definition) is 5. The summed E-state index contributed by atoms with van der Waals surface area (Å²) in [5.41, 5.74) is 2.80. The van der Waals surface area contributed by atoms with Crippen molar-refractivity contribution in [3.05, 3.63) is 59.9 Å². The molecule has 0 saturated heterocycles. The minimum Gasteiger partial charge on any atom is -0.492 e. The van der Waals surface area contributed by atoms with Gasteiger partial charge in [-0.2, -0.15) is 0 Å². The number of benzene rings is 2. The molecule has 0 aliphatic carbocycles. The number of ether oxygens (including phenoxy) is 1. The number of aromatic nitrogens is 3. The van der Waals surface area contributed by atoms with E-state index in [0.29, 0.717) is 23.2 Å². The van der Waals surface area contributed by atoms with Crippen molar-refractivity contribution >= 4 is 23.4 Å². The Bertz CT molecular complexity index is 971. The summed E-state index contributed by atoms with van der Waals surface area (Å²) in [6, 6.07) is 15.5. The van der Waals surface area contributed by atoms with Gasteiger partial charge in [0.2, 0.25) is 5.91 Å². The predicted octanol–water partition coefficient (Wildman–Crippen LogP) is 4.40. The molecule has 0 radical (unpaired) electrons. The van der Waals surface area contributed by atoms with E-state index in [2.05, 4.69) is 15.5 Å². The van der Waals surface area contributed by atoms with Crippen LogP contribution in [0.5, 0.6) is 5.75 Å². The van der Waals surface area contributed by atoms with Gasteiger partial charge in [-0.05, 0) is 51.5 Å². The van der Waals surface area contributed by atoms with Crippen molar-refractivity contribution in [2.45, 2.75) is 38.1 Å². The predicted molar refractivity (Wildman–Crippen MR) is 112 cm³/mol. The van der Waals surface area contributed by atoms with Gasteiger partial charge in [-0.3, -0.25) is 9.36 Å². The van der Waals surface area contributed by atoms with E-state index in [1.54, 1.807) is 0 Å². The Hall–Kier alpha value is -2.80. The Kier molecular flexibility index (Phi) is 6.36. The van der Waals surface area contributed by atoms with Crippen LogP contribution in [-0.2, 0) is 4.79 Å². The molecular formula is C21H24N4O2S. The van der Waals surface area contributed by atoms with Gasteiger partial charge in [0.25, 0.3) is 0 Å². The molecule has 28 heavy (non-hydrogen) atoms. The number of aryl methyl sites for hydroxylation is 2. The SMILES string of the molecule is CCOc1ccccc1NC(=O)C(C)Sc1nnc(C)n1-c1ccccc1C. The Balaban J connectivity index is 1.78. The molecule has 0 fully saturated rings. The number of nitrogens with one attached hydrogen (secondary N) is 1. The second-order valence-corrected chi connectivity index (χ2v) is 7.64. The van der Waals surface area contributed by atoms with E-state index in [1.165, 1.54) is 11.8 Å². The van der Waals surface area contributed by atoms with Crippen molar-refractivity contribution in [2.75, 3.05) is 11.9 Å². The summed E-state index contributed by atoms with van der Waals surface area (Å²) < 4.78 is 7.57. The average Bonchev–Trinajstić information content (AvgIpc) is 3.04. The summed E-state index contributed by atoms with van der Waals surface area (Å²) in [6.07, 6.45) is 0. The maximum absolute atomic E-state index is 12.7. The van der Waals surface area contributed by atoms with Gasteiger partial charge in [0.1, 0.15) is 11.6 Å². The van der Waals surface area contributed by atoms with Crippen LogP contribution < -0.4 is 10.1 Å². The largest absolute Gasteiger partial charge is 0.492 e. The molecule has 7 heteroatoms. The number of carbonyl (C=O) groups excluding carboxylic acids is 1. The van der Waals surface area contributed by atoms with Gasteiger partial charge in [0.05, 0.1) is 23.2 Å². The highest BCUT2D eigenvalue weighted by atomic mass is 32.2. The van der Waals surface area contributed by atoms with Crippen molar-refractivity contribution in [2.24, 2.45) is 0 Å². The fourth-order valence-corrected chi connectivity index (χ4v) is 3.71. The number of para-hydroxylation sites is 3. The van der Waals surface area contributed by atoms with E-state index in [1.807, 2.05) is 80.8 Å². The summed E-state index contributed by atoms with van der Waals surface area (Å²) >= 11 is 1.38. The molecule has 1 aromatic heterocycles. The molecule has 1 amide bonds. The average molecular weight is 397 g/mol. The molecule has 146 valence electrons. The molecule has 0 spiro atoms. The first-order valence-electron chi connectivity index (χ1n) is 9.18. The summed E-state index contributed by atoms with van der Waals surface area (Å²) in [7, 11) is 0. The standard InChI is InChI=1S/C21H24N4O2S/c1-5-27-19-13-9-7-11-17(19)22-20(26)15(3)28-21-24-23-16(4)25(21)18-12-8-6-10-14(18)2/h6-13,15H,5H2,1-4H3,(H,22,26). The lowest BCUT2D eigenvalue weighted by molar-refractivity contribution is -0.115. The summed E-state index contributed by atoms with van der Waals surface area (Å²) in [6.45, 7) is 8.26. The Morgan fingerprint density at radius 1 is 1.14 bits per heavy atom. The Morgan fingerprint density at radius 2 is 1.86 bits per heavy atom. The summed E-state index contributed by atoms with van der Waals surface area (Å²) in [5, 5.41) is 11.8. The number of amides is 1. The van der Waals surface area contributed by atoms with Crippen LogP contribution in [0.4, 0.5) is 5.69 Å². The number of rotatable bonds is 7. The number of nitrogens with zero attached hydrogens (tertiary/aromatic N) is 3. The fourth-order valence-electron chi connectivity index (χ4n) is 2.81. The van der Waals surface area contributed by atoms with E-state index in [9.17, 15) is 4.79 Å². The van der Waals surface area contributed by atoms with Gasteiger partial charge in [-0.1, -0.05) is 42.1 Å². The van der Waals surface area contributed by atoms with Crippen molar-refractivity contribution < 1.29 is 9.53 Å². The zero-order valence-electron chi connectivity index (χ0n) is 16.5. The molecule has 1 heterocycles. The zero-order valence-corrected chi connectivity index (χ0v) is 17.3. The quantitative estimate of drug-likeness (QED) is 0.600. The smallest absolute Gasteiger partial charge is 0.237 e. The molecule has 2 aromatic carbocycles. The van der Waals surface area contributed by atoms with Gasteiger partial charge in [-0.15, -0.1) is 10.2 Å². The van der Waals surface area contributed by atoms with E-state index < -0.39 is 0 Å². The van der Waals surface area contributed by atoms with E-state index >= 15 is 0 Å². The molecule has 0 aliphatic heterocycles. The van der Waals surface area contributed by atoms with Crippen LogP contribution in [0.3, 0.4) is 0 Å². The van der Waals surface area contributed by atoms with E-state index in [-0.39, 0.29) is 11.2 Å². The second-order valence-electron chi connectivity index (χ2n) is 6.33. The first-order chi connectivity index (χ1) is 13.5. The lowest BCUT2D eigenvalue weighted by Gasteiger charge is -2.16. The van der Waals surface area contributed by atoms with Crippen molar-refractivity contribution in [3.8, 4) is 11.4 Å². The van der Waals surface area contributed by atoms with Crippen LogP contribution >= 0.6 is 11.8 Å². The molecule has 1 unspecified atom stereocenters. The molecule has 3 aromatic rings. The topological polar surface area (TPSA) is 69.0 Å². The third kappa shape index (κ3) is 4.36. The monoisotopic (exact) mass is 396 g/mol. The van der Waals surface area contributed by atoms with Crippen LogP contribution in [0.15, 0.2) is 53.7 Å². The Morgan fingerprint density at radius 3 is 2.61 bits per heavy atom. The highest BCUT2D eigenvalue weighted by molar-refractivity contribution is 8.00. The number of carbonyl (C=O) groups is 1. The highest BCUT2D eigenvalue weighted by Gasteiger charge is 2.21. The van der Waals surface area contributed by atoms with Crippen molar-refractivity contribution in [1.82, 2.24) is 14.8 Å². The van der Waals surface area contributed by atoms with E-state index in [4.69, 9.17) is 4.74 Å². The third-order valence-corrected chi connectivity index (χ3v) is 5.29. The zero-order chi connectivity index (χ0) is 20.1. The number of hydrogen-bond donors (Lipinski definition) is 1. The highest BCUT2D eigenvalue weighted by Crippen LogP contribution is 2.29. The summed E-state index contributed by atoms with van der Waals surface area (Å²) in [4.78, 5) is 12.7. The molecule has 0 saturated carbocycles. The van der Waals surface area contributed by atoms with E-state index in [0.717, 1.165) is 17.1 Å². The summed E-state index contributed by atoms with van der Waals surface area (Å²) in [5.74, 6) is 1.33. The molecule has 0 aliphatic rings. The number of thioether (sulfide) groups is 1. The van der Waals surface area contributed by atoms with Gasteiger partial charge < -0.3 is 10.1 Å². The van der Waals surface area contributed by atoms with Crippen molar-refractivity contribution in [3.63, 3.8) is 0 Å².